The zero-order valence-electron chi connectivity index (χ0n) is 19.8. The molecule has 0 bridgehead atoms. The topological polar surface area (TPSA) is 83.6 Å². The van der Waals surface area contributed by atoms with Crippen LogP contribution in [0.1, 0.15) is 24.8 Å². The van der Waals surface area contributed by atoms with Gasteiger partial charge in [-0.1, -0.05) is 23.7 Å². The van der Waals surface area contributed by atoms with E-state index in [0.717, 1.165) is 61.9 Å². The molecule has 2 atom stereocenters. The largest absolute Gasteiger partial charge is 0.497 e. The molecule has 192 valence electrons. The van der Waals surface area contributed by atoms with Crippen LogP contribution in [0.5, 0.6) is 5.75 Å². The van der Waals surface area contributed by atoms with Crippen molar-refractivity contribution in [1.29, 1.82) is 0 Å². The number of rotatable bonds is 9. The first-order valence-corrected chi connectivity index (χ1v) is 14.6. The molecule has 2 aliphatic heterocycles. The Balaban J connectivity index is 1.27. The first-order valence-electron chi connectivity index (χ1n) is 11.8. The predicted molar refractivity (Wildman–Crippen MR) is 141 cm³/mol. The van der Waals surface area contributed by atoms with Crippen LogP contribution in [0.3, 0.4) is 0 Å². The van der Waals surface area contributed by atoms with Crippen molar-refractivity contribution in [3.8, 4) is 5.75 Å². The van der Waals surface area contributed by atoms with Crippen molar-refractivity contribution in [1.82, 2.24) is 9.88 Å². The average Bonchev–Trinajstić information content (AvgIpc) is 3.56. The summed E-state index contributed by atoms with van der Waals surface area (Å²) in [7, 11) is -2.48. The lowest BCUT2D eigenvalue weighted by atomic mass is 9.87. The summed E-state index contributed by atoms with van der Waals surface area (Å²) in [6.45, 7) is 2.69. The van der Waals surface area contributed by atoms with E-state index in [1.54, 1.807) is 12.5 Å². The van der Waals surface area contributed by atoms with E-state index in [1.165, 1.54) is 17.8 Å². The summed E-state index contributed by atoms with van der Waals surface area (Å²) in [6.07, 6.45) is 5.68. The van der Waals surface area contributed by atoms with Crippen molar-refractivity contribution in [3.05, 3.63) is 64.4 Å². The van der Waals surface area contributed by atoms with Gasteiger partial charge in [-0.25, -0.2) is 17.8 Å². The molecule has 1 aromatic heterocycles. The Labute approximate surface area is 219 Å². The second-order valence-corrected chi connectivity index (χ2v) is 12.4. The molecule has 11 heteroatoms. The minimum Gasteiger partial charge on any atom is -0.497 e. The van der Waals surface area contributed by atoms with E-state index >= 15 is 0 Å². The van der Waals surface area contributed by atoms with E-state index in [-0.39, 0.29) is 15.7 Å². The van der Waals surface area contributed by atoms with Crippen molar-refractivity contribution in [3.63, 3.8) is 0 Å². The number of ether oxygens (including phenoxy) is 1. The van der Waals surface area contributed by atoms with E-state index in [0.29, 0.717) is 18.2 Å². The molecular weight excluding hydrogens is 523 g/mol. The van der Waals surface area contributed by atoms with Crippen LogP contribution < -0.4 is 14.8 Å². The summed E-state index contributed by atoms with van der Waals surface area (Å²) in [5, 5.41) is 5.28. The van der Waals surface area contributed by atoms with Crippen molar-refractivity contribution in [2.45, 2.75) is 36.1 Å². The molecule has 36 heavy (non-hydrogen) atoms. The summed E-state index contributed by atoms with van der Waals surface area (Å²) in [6, 6.07) is 10.5. The summed E-state index contributed by atoms with van der Waals surface area (Å²) in [5.74, 6) is 0.515. The molecule has 5 rings (SSSR count). The monoisotopic (exact) mass is 550 g/mol. The lowest BCUT2D eigenvalue weighted by Gasteiger charge is -2.32. The van der Waals surface area contributed by atoms with Crippen LogP contribution in [0.25, 0.3) is 0 Å². The predicted octanol–water partition coefficient (Wildman–Crippen LogP) is 5.25. The molecule has 2 fully saturated rings. The lowest BCUT2D eigenvalue weighted by Crippen LogP contribution is -2.44. The van der Waals surface area contributed by atoms with Crippen molar-refractivity contribution >= 4 is 43.8 Å². The van der Waals surface area contributed by atoms with Crippen molar-refractivity contribution < 1.29 is 17.5 Å². The Kier molecular flexibility index (Phi) is 7.13. The summed E-state index contributed by atoms with van der Waals surface area (Å²) >= 11 is 7.53. The Morgan fingerprint density at radius 1 is 1.31 bits per heavy atom. The number of sulfonamides is 1. The first-order chi connectivity index (χ1) is 17.3. The highest BCUT2D eigenvalue weighted by Crippen LogP contribution is 2.43. The molecule has 3 heterocycles. The van der Waals surface area contributed by atoms with E-state index in [2.05, 4.69) is 32.1 Å². The third-order valence-electron chi connectivity index (χ3n) is 7.14. The SMILES string of the molecule is COc1ccc(C[C@@H]2CN3CCC[C@@]3(CNc3cc(F)c(S(=O)(=O)Nc4nccs4)cc3Cl)C2)cc1. The number of nitrogens with zero attached hydrogens (tertiary/aromatic N) is 2. The maximum Gasteiger partial charge on any atom is 0.266 e. The Hall–Kier alpha value is -2.40. The summed E-state index contributed by atoms with van der Waals surface area (Å²) < 4.78 is 47.8. The van der Waals surface area contributed by atoms with Gasteiger partial charge in [-0.2, -0.15) is 0 Å². The highest BCUT2D eigenvalue weighted by molar-refractivity contribution is 7.93. The molecule has 3 aromatic rings. The van der Waals surface area contributed by atoms with Gasteiger partial charge in [0.2, 0.25) is 0 Å². The van der Waals surface area contributed by atoms with Gasteiger partial charge in [-0.3, -0.25) is 9.62 Å². The zero-order valence-corrected chi connectivity index (χ0v) is 22.2. The third kappa shape index (κ3) is 5.18. The van der Waals surface area contributed by atoms with Gasteiger partial charge < -0.3 is 10.1 Å². The lowest BCUT2D eigenvalue weighted by molar-refractivity contribution is 0.209. The van der Waals surface area contributed by atoms with Gasteiger partial charge in [0.15, 0.2) is 5.13 Å². The number of anilines is 2. The zero-order chi connectivity index (χ0) is 25.3. The molecular formula is C25H28ClFN4O3S2. The molecule has 2 N–H and O–H groups in total. The second-order valence-electron chi connectivity index (χ2n) is 9.46. The fourth-order valence-electron chi connectivity index (χ4n) is 5.50. The molecule has 2 aliphatic rings. The van der Waals surface area contributed by atoms with Crippen LogP contribution in [-0.2, 0) is 16.4 Å². The average molecular weight is 551 g/mol. The highest BCUT2D eigenvalue weighted by Gasteiger charge is 2.48. The molecule has 0 aliphatic carbocycles. The van der Waals surface area contributed by atoms with Crippen LogP contribution in [0.4, 0.5) is 15.2 Å². The van der Waals surface area contributed by atoms with Crippen LogP contribution in [0.15, 0.2) is 52.9 Å². The number of methoxy groups -OCH3 is 1. The van der Waals surface area contributed by atoms with Gasteiger partial charge in [0.25, 0.3) is 10.0 Å². The van der Waals surface area contributed by atoms with Gasteiger partial charge in [-0.15, -0.1) is 11.3 Å². The molecule has 0 spiro atoms. The molecule has 7 nitrogen and oxygen atoms in total. The van der Waals surface area contributed by atoms with Gasteiger partial charge in [0, 0.05) is 30.2 Å². The minimum atomic E-state index is -4.15. The number of aromatic nitrogens is 1. The number of hydrogen-bond donors (Lipinski definition) is 2. The molecule has 0 radical (unpaired) electrons. The van der Waals surface area contributed by atoms with E-state index in [1.807, 2.05) is 12.1 Å². The Morgan fingerprint density at radius 3 is 2.83 bits per heavy atom. The van der Waals surface area contributed by atoms with Crippen LogP contribution in [0.2, 0.25) is 5.02 Å². The normalized spacial score (nSPS) is 21.9. The van der Waals surface area contributed by atoms with E-state index < -0.39 is 20.7 Å². The standard InChI is InChI=1S/C25H28ClFN4O3S2/c1-34-19-5-3-17(4-6-19)11-18-14-25(7-2-9-31(25)15-18)16-29-22-13-21(27)23(12-20(22)26)36(32,33)30-24-28-8-10-35-24/h3-6,8,10,12-13,18,29H,2,7,9,11,14-16H2,1H3,(H,28,30)/t18-,25-/m0/s1. The number of nitrogens with one attached hydrogen (secondary N) is 2. The molecule has 0 unspecified atom stereocenters. The van der Waals surface area contributed by atoms with E-state index in [4.69, 9.17) is 16.3 Å². The van der Waals surface area contributed by atoms with Crippen LogP contribution in [0, 0.1) is 11.7 Å². The molecule has 2 saturated heterocycles. The maximum absolute atomic E-state index is 14.9. The fraction of sp³-hybridized carbons (Fsp3) is 0.400. The quantitative estimate of drug-likeness (QED) is 0.378. The third-order valence-corrected chi connectivity index (χ3v) is 9.63. The van der Waals surface area contributed by atoms with Crippen LogP contribution >= 0.6 is 22.9 Å². The number of halogens is 2. The number of hydrogen-bond acceptors (Lipinski definition) is 7. The second kappa shape index (κ2) is 10.2. The molecule has 0 saturated carbocycles. The Bertz CT molecular complexity index is 1320. The summed E-state index contributed by atoms with van der Waals surface area (Å²) in [4.78, 5) is 5.92. The first kappa shape index (κ1) is 25.3. The number of benzene rings is 2. The Morgan fingerprint density at radius 2 is 2.11 bits per heavy atom. The van der Waals surface area contributed by atoms with Crippen molar-refractivity contribution in [2.75, 3.05) is 36.8 Å². The van der Waals surface area contributed by atoms with Gasteiger partial charge in [0.05, 0.1) is 17.8 Å². The van der Waals surface area contributed by atoms with E-state index in [9.17, 15) is 12.8 Å². The maximum atomic E-state index is 14.9. The smallest absolute Gasteiger partial charge is 0.266 e. The number of thiazole rings is 1. The highest BCUT2D eigenvalue weighted by atomic mass is 35.5. The van der Waals surface area contributed by atoms with Crippen LogP contribution in [-0.4, -0.2) is 50.6 Å². The van der Waals surface area contributed by atoms with Gasteiger partial charge >= 0.3 is 0 Å². The van der Waals surface area contributed by atoms with Gasteiger partial charge in [0.1, 0.15) is 16.5 Å². The van der Waals surface area contributed by atoms with Gasteiger partial charge in [-0.05, 0) is 68.0 Å². The molecule has 0 amide bonds. The minimum absolute atomic E-state index is 0.0198. The fourth-order valence-corrected chi connectivity index (χ4v) is 7.67. The number of fused-ring (bicyclic) bond motifs is 1. The summed E-state index contributed by atoms with van der Waals surface area (Å²) in [5.41, 5.74) is 1.66. The van der Waals surface area contributed by atoms with Crippen molar-refractivity contribution in [2.24, 2.45) is 5.92 Å². The molecule has 2 aromatic carbocycles.